The van der Waals surface area contributed by atoms with Gasteiger partial charge in [-0.05, 0) is 53.5 Å². The van der Waals surface area contributed by atoms with Crippen molar-refractivity contribution < 1.29 is 4.92 Å². The van der Waals surface area contributed by atoms with Crippen LogP contribution in [0.3, 0.4) is 0 Å². The summed E-state index contributed by atoms with van der Waals surface area (Å²) in [7, 11) is 2.01. The van der Waals surface area contributed by atoms with E-state index in [1.807, 2.05) is 35.7 Å². The number of benzene rings is 1. The molecule has 0 aliphatic heterocycles. The summed E-state index contributed by atoms with van der Waals surface area (Å²) in [6.07, 6.45) is 2.46. The zero-order valence-electron chi connectivity index (χ0n) is 10.2. The Labute approximate surface area is 120 Å². The molecule has 18 heavy (non-hydrogen) atoms. The van der Waals surface area contributed by atoms with Crippen molar-refractivity contribution in [2.24, 2.45) is 11.7 Å². The van der Waals surface area contributed by atoms with E-state index in [1.54, 1.807) is 12.1 Å². The topological polar surface area (TPSA) is 72.4 Å². The van der Waals surface area contributed by atoms with Gasteiger partial charge in [-0.2, -0.15) is 0 Å². The van der Waals surface area contributed by atoms with Gasteiger partial charge in [0.2, 0.25) is 0 Å². The Kier molecular flexibility index (Phi) is 4.06. The summed E-state index contributed by atoms with van der Waals surface area (Å²) >= 11 is 2.00. The van der Waals surface area contributed by atoms with E-state index < -0.39 is 0 Å². The van der Waals surface area contributed by atoms with Crippen LogP contribution in [0.25, 0.3) is 0 Å². The molecule has 1 aliphatic rings. The van der Waals surface area contributed by atoms with E-state index in [9.17, 15) is 10.1 Å². The second-order valence-corrected chi connectivity index (χ2v) is 5.81. The normalized spacial score (nSPS) is 16.4. The molecule has 1 aliphatic carbocycles. The molecule has 1 aromatic carbocycles. The molecule has 5 nitrogen and oxygen atoms in total. The summed E-state index contributed by atoms with van der Waals surface area (Å²) in [5, 5.41) is 10.8. The number of hydrogen-bond donors (Lipinski definition) is 1. The predicted molar refractivity (Wildman–Crippen MR) is 79.8 cm³/mol. The van der Waals surface area contributed by atoms with Gasteiger partial charge >= 0.3 is 0 Å². The van der Waals surface area contributed by atoms with Crippen LogP contribution < -0.4 is 10.6 Å². The van der Waals surface area contributed by atoms with Gasteiger partial charge < -0.3 is 10.6 Å². The molecule has 0 amide bonds. The zero-order valence-corrected chi connectivity index (χ0v) is 12.3. The Morgan fingerprint density at radius 2 is 2.28 bits per heavy atom. The monoisotopic (exact) mass is 361 g/mol. The number of nitrogens with two attached hydrogens (primary N) is 1. The van der Waals surface area contributed by atoms with E-state index in [1.165, 1.54) is 12.8 Å². The van der Waals surface area contributed by atoms with Gasteiger partial charge in [-0.3, -0.25) is 10.1 Å². The number of likely N-dealkylation sites (N-methyl/N-ethyl adjacent to an activating group) is 1. The van der Waals surface area contributed by atoms with Crippen LogP contribution in [0.4, 0.5) is 11.4 Å². The standard InChI is InChI=1S/C12H16IN3O2/c1-15(12(7-14)8-2-3-8)9-4-5-11(16(17)18)10(13)6-9/h4-6,8,12H,2-3,7,14H2,1H3. The quantitative estimate of drug-likeness (QED) is 0.497. The number of nitro groups is 1. The first-order valence-corrected chi connectivity index (χ1v) is 6.99. The van der Waals surface area contributed by atoms with Crippen molar-refractivity contribution in [1.82, 2.24) is 0 Å². The minimum absolute atomic E-state index is 0.156. The molecule has 0 heterocycles. The molecule has 2 N–H and O–H groups in total. The Bertz CT molecular complexity index is 463. The van der Waals surface area contributed by atoms with Gasteiger partial charge in [0.1, 0.15) is 0 Å². The predicted octanol–water partition coefficient (Wildman–Crippen LogP) is 2.37. The highest BCUT2D eigenvalue weighted by Crippen LogP contribution is 2.37. The SMILES string of the molecule is CN(c1ccc([N+](=O)[O-])c(I)c1)C(CN)C1CC1. The number of nitro benzene ring substituents is 1. The summed E-state index contributed by atoms with van der Waals surface area (Å²) < 4.78 is 0.661. The number of hydrogen-bond acceptors (Lipinski definition) is 4. The summed E-state index contributed by atoms with van der Waals surface area (Å²) in [5.41, 5.74) is 6.97. The van der Waals surface area contributed by atoms with E-state index in [2.05, 4.69) is 4.90 Å². The number of rotatable bonds is 5. The first kappa shape index (κ1) is 13.5. The van der Waals surface area contributed by atoms with Crippen molar-refractivity contribution in [3.63, 3.8) is 0 Å². The molecule has 0 aromatic heterocycles. The molecular weight excluding hydrogens is 345 g/mol. The van der Waals surface area contributed by atoms with Crippen molar-refractivity contribution in [1.29, 1.82) is 0 Å². The molecule has 0 radical (unpaired) electrons. The second-order valence-electron chi connectivity index (χ2n) is 4.64. The van der Waals surface area contributed by atoms with Crippen LogP contribution in [0, 0.1) is 19.6 Å². The number of halogens is 1. The molecule has 1 atom stereocenters. The average molecular weight is 361 g/mol. The average Bonchev–Trinajstić information content (AvgIpc) is 3.13. The van der Waals surface area contributed by atoms with Gasteiger partial charge in [-0.25, -0.2) is 0 Å². The summed E-state index contributed by atoms with van der Waals surface area (Å²) in [6, 6.07) is 5.55. The summed E-state index contributed by atoms with van der Waals surface area (Å²) in [5.74, 6) is 0.674. The van der Waals surface area contributed by atoms with Crippen molar-refractivity contribution >= 4 is 34.0 Å². The molecule has 1 aromatic rings. The zero-order chi connectivity index (χ0) is 13.3. The van der Waals surface area contributed by atoms with Crippen LogP contribution in [0.2, 0.25) is 0 Å². The highest BCUT2D eigenvalue weighted by atomic mass is 127. The molecule has 98 valence electrons. The van der Waals surface area contributed by atoms with Crippen molar-refractivity contribution in [2.45, 2.75) is 18.9 Å². The van der Waals surface area contributed by atoms with Crippen molar-refractivity contribution in [3.05, 3.63) is 31.9 Å². The lowest BCUT2D eigenvalue weighted by Gasteiger charge is -2.29. The van der Waals surface area contributed by atoms with Crippen LogP contribution in [-0.4, -0.2) is 24.6 Å². The van der Waals surface area contributed by atoms with E-state index >= 15 is 0 Å². The van der Waals surface area contributed by atoms with E-state index in [4.69, 9.17) is 5.73 Å². The third kappa shape index (κ3) is 2.74. The van der Waals surface area contributed by atoms with Gasteiger partial charge in [-0.1, -0.05) is 0 Å². The fourth-order valence-corrected chi connectivity index (χ4v) is 2.90. The third-order valence-electron chi connectivity index (χ3n) is 3.44. The molecule has 1 fully saturated rings. The van der Waals surface area contributed by atoms with Crippen molar-refractivity contribution in [2.75, 3.05) is 18.5 Å². The lowest BCUT2D eigenvalue weighted by atomic mass is 10.1. The third-order valence-corrected chi connectivity index (χ3v) is 4.30. The molecule has 0 spiro atoms. The molecule has 0 saturated heterocycles. The molecule has 1 saturated carbocycles. The van der Waals surface area contributed by atoms with Gasteiger partial charge in [0.25, 0.3) is 5.69 Å². The number of nitrogens with zero attached hydrogens (tertiary/aromatic N) is 2. The van der Waals surface area contributed by atoms with Gasteiger partial charge in [0, 0.05) is 31.4 Å². The van der Waals surface area contributed by atoms with Gasteiger partial charge in [0.15, 0.2) is 0 Å². The molecule has 6 heteroatoms. The van der Waals surface area contributed by atoms with E-state index in [0.717, 1.165) is 5.69 Å². The Balaban J connectivity index is 2.22. The second kappa shape index (κ2) is 5.40. The maximum atomic E-state index is 10.8. The fraction of sp³-hybridized carbons (Fsp3) is 0.500. The summed E-state index contributed by atoms with van der Waals surface area (Å²) in [4.78, 5) is 12.6. The van der Waals surface area contributed by atoms with E-state index in [0.29, 0.717) is 22.1 Å². The van der Waals surface area contributed by atoms with Crippen LogP contribution in [0.15, 0.2) is 18.2 Å². The Hall–Kier alpha value is -0.890. The highest BCUT2D eigenvalue weighted by Gasteiger charge is 2.33. The Morgan fingerprint density at radius 1 is 1.61 bits per heavy atom. The van der Waals surface area contributed by atoms with Gasteiger partial charge in [-0.15, -0.1) is 0 Å². The maximum Gasteiger partial charge on any atom is 0.282 e. The van der Waals surface area contributed by atoms with Gasteiger partial charge in [0.05, 0.1) is 8.49 Å². The largest absolute Gasteiger partial charge is 0.370 e. The van der Waals surface area contributed by atoms with Crippen LogP contribution in [0.5, 0.6) is 0 Å². The maximum absolute atomic E-state index is 10.8. The minimum atomic E-state index is -0.354. The molecule has 2 rings (SSSR count). The minimum Gasteiger partial charge on any atom is -0.370 e. The van der Waals surface area contributed by atoms with Crippen molar-refractivity contribution in [3.8, 4) is 0 Å². The first-order chi connectivity index (χ1) is 8.54. The van der Waals surface area contributed by atoms with Crippen LogP contribution in [-0.2, 0) is 0 Å². The fourth-order valence-electron chi connectivity index (χ4n) is 2.20. The van der Waals surface area contributed by atoms with E-state index in [-0.39, 0.29) is 10.6 Å². The summed E-state index contributed by atoms with van der Waals surface area (Å²) in [6.45, 7) is 0.620. The molecule has 0 bridgehead atoms. The first-order valence-electron chi connectivity index (χ1n) is 5.91. The lowest BCUT2D eigenvalue weighted by molar-refractivity contribution is -0.385. The smallest absolute Gasteiger partial charge is 0.282 e. The number of anilines is 1. The van der Waals surface area contributed by atoms with Crippen LogP contribution >= 0.6 is 22.6 Å². The highest BCUT2D eigenvalue weighted by molar-refractivity contribution is 14.1. The Morgan fingerprint density at radius 3 is 2.72 bits per heavy atom. The molecule has 1 unspecified atom stereocenters. The van der Waals surface area contributed by atoms with Crippen LogP contribution in [0.1, 0.15) is 12.8 Å². The molecular formula is C12H16IN3O2. The lowest BCUT2D eigenvalue weighted by Crippen LogP contribution is -2.39.